The van der Waals surface area contributed by atoms with E-state index in [1.54, 1.807) is 6.20 Å². The molecule has 0 amide bonds. The summed E-state index contributed by atoms with van der Waals surface area (Å²) in [5.74, 6) is 1.14. The lowest BCUT2D eigenvalue weighted by Crippen LogP contribution is -2.04. The lowest BCUT2D eigenvalue weighted by Gasteiger charge is -2.04. The number of anilines is 2. The van der Waals surface area contributed by atoms with Crippen LogP contribution < -0.4 is 5.32 Å². The van der Waals surface area contributed by atoms with Gasteiger partial charge in [0.15, 0.2) is 5.69 Å². The lowest BCUT2D eigenvalue weighted by molar-refractivity contribution is 0.483. The van der Waals surface area contributed by atoms with E-state index in [9.17, 15) is 0 Å². The van der Waals surface area contributed by atoms with E-state index in [0.717, 1.165) is 12.2 Å². The molecule has 0 bridgehead atoms. The fourth-order valence-electron chi connectivity index (χ4n) is 1.50. The Morgan fingerprint density at radius 3 is 2.78 bits per heavy atom. The molecule has 0 radical (unpaired) electrons. The number of hydrogen-bond acceptors (Lipinski definition) is 5. The standard InChI is InChI=1S/C12H14N6/c1-9(2)7-18-8-11(5-16-18)17-12-6-14-10(3-13)4-15-12/h4-6,8-9H,7H2,1-2H3,(H,15,17). The van der Waals surface area contributed by atoms with Crippen LogP contribution in [0.15, 0.2) is 24.8 Å². The van der Waals surface area contributed by atoms with Crippen molar-refractivity contribution in [3.8, 4) is 6.07 Å². The molecule has 0 atom stereocenters. The molecule has 2 heterocycles. The van der Waals surface area contributed by atoms with E-state index < -0.39 is 0 Å². The molecule has 0 saturated heterocycles. The van der Waals surface area contributed by atoms with E-state index in [2.05, 4.69) is 34.2 Å². The average Bonchev–Trinajstić information content (AvgIpc) is 2.76. The van der Waals surface area contributed by atoms with Gasteiger partial charge in [0.05, 0.1) is 24.3 Å². The molecule has 0 spiro atoms. The monoisotopic (exact) mass is 242 g/mol. The largest absolute Gasteiger partial charge is 0.336 e. The van der Waals surface area contributed by atoms with E-state index in [1.165, 1.54) is 12.4 Å². The molecule has 0 aromatic carbocycles. The second-order valence-corrected chi connectivity index (χ2v) is 4.37. The minimum absolute atomic E-state index is 0.302. The summed E-state index contributed by atoms with van der Waals surface area (Å²) in [6.07, 6.45) is 6.61. The van der Waals surface area contributed by atoms with Crippen LogP contribution in [-0.4, -0.2) is 19.7 Å². The van der Waals surface area contributed by atoms with Gasteiger partial charge in [-0.3, -0.25) is 4.68 Å². The first kappa shape index (κ1) is 12.0. The number of nitrogens with zero attached hydrogens (tertiary/aromatic N) is 5. The predicted molar refractivity (Wildman–Crippen MR) is 67.1 cm³/mol. The summed E-state index contributed by atoms with van der Waals surface area (Å²) in [4.78, 5) is 8.02. The van der Waals surface area contributed by atoms with Crippen molar-refractivity contribution in [1.29, 1.82) is 5.26 Å². The summed E-state index contributed by atoms with van der Waals surface area (Å²) in [5.41, 5.74) is 1.16. The van der Waals surface area contributed by atoms with E-state index in [4.69, 9.17) is 5.26 Å². The van der Waals surface area contributed by atoms with Gasteiger partial charge in [-0.15, -0.1) is 0 Å². The molecule has 0 aliphatic carbocycles. The predicted octanol–water partition coefficient (Wildman–Crippen LogP) is 1.94. The van der Waals surface area contributed by atoms with Crippen LogP contribution in [0.25, 0.3) is 0 Å². The minimum atomic E-state index is 0.302. The summed E-state index contributed by atoms with van der Waals surface area (Å²) in [7, 11) is 0. The molecular weight excluding hydrogens is 228 g/mol. The van der Waals surface area contributed by atoms with E-state index in [-0.39, 0.29) is 0 Å². The van der Waals surface area contributed by atoms with E-state index >= 15 is 0 Å². The molecule has 18 heavy (non-hydrogen) atoms. The molecule has 0 aliphatic heterocycles. The van der Waals surface area contributed by atoms with Crippen LogP contribution in [0.2, 0.25) is 0 Å². The topological polar surface area (TPSA) is 79.4 Å². The molecule has 1 N–H and O–H groups in total. The molecule has 2 aromatic heterocycles. The van der Waals surface area contributed by atoms with Crippen molar-refractivity contribution < 1.29 is 0 Å². The number of hydrogen-bond donors (Lipinski definition) is 1. The van der Waals surface area contributed by atoms with Gasteiger partial charge in [-0.1, -0.05) is 13.8 Å². The summed E-state index contributed by atoms with van der Waals surface area (Å²) < 4.78 is 1.88. The van der Waals surface area contributed by atoms with Gasteiger partial charge in [-0.2, -0.15) is 10.4 Å². The van der Waals surface area contributed by atoms with Crippen LogP contribution in [0.1, 0.15) is 19.5 Å². The van der Waals surface area contributed by atoms with Crippen molar-refractivity contribution in [1.82, 2.24) is 19.7 Å². The zero-order valence-electron chi connectivity index (χ0n) is 10.3. The van der Waals surface area contributed by atoms with Crippen molar-refractivity contribution in [2.75, 3.05) is 5.32 Å². The smallest absolute Gasteiger partial charge is 0.158 e. The highest BCUT2D eigenvalue weighted by Crippen LogP contribution is 2.13. The maximum Gasteiger partial charge on any atom is 0.158 e. The Hall–Kier alpha value is -2.42. The Balaban J connectivity index is 2.04. The second-order valence-electron chi connectivity index (χ2n) is 4.37. The Morgan fingerprint density at radius 2 is 2.17 bits per heavy atom. The van der Waals surface area contributed by atoms with E-state index in [1.807, 2.05) is 16.9 Å². The van der Waals surface area contributed by atoms with Gasteiger partial charge in [0, 0.05) is 12.7 Å². The van der Waals surface area contributed by atoms with Gasteiger partial charge >= 0.3 is 0 Å². The first-order valence-electron chi connectivity index (χ1n) is 5.69. The molecule has 0 aliphatic rings. The molecular formula is C12H14N6. The second kappa shape index (κ2) is 5.27. The lowest BCUT2D eigenvalue weighted by atomic mass is 10.2. The Bertz CT molecular complexity index is 549. The molecule has 0 fully saturated rings. The van der Waals surface area contributed by atoms with Crippen molar-refractivity contribution in [2.24, 2.45) is 5.92 Å². The van der Waals surface area contributed by atoms with Crippen molar-refractivity contribution in [2.45, 2.75) is 20.4 Å². The van der Waals surface area contributed by atoms with Gasteiger partial charge in [0.1, 0.15) is 11.9 Å². The normalized spacial score (nSPS) is 10.3. The first-order chi connectivity index (χ1) is 8.67. The van der Waals surface area contributed by atoms with Crippen LogP contribution >= 0.6 is 0 Å². The zero-order chi connectivity index (χ0) is 13.0. The van der Waals surface area contributed by atoms with Crippen LogP contribution in [0.5, 0.6) is 0 Å². The molecule has 0 saturated carbocycles. The van der Waals surface area contributed by atoms with Crippen LogP contribution in [-0.2, 0) is 6.54 Å². The van der Waals surface area contributed by atoms with Crippen LogP contribution in [0, 0.1) is 17.2 Å². The molecule has 92 valence electrons. The summed E-state index contributed by atoms with van der Waals surface area (Å²) in [6, 6.07) is 1.93. The Kier molecular flexibility index (Phi) is 3.53. The number of nitrogens with one attached hydrogen (secondary N) is 1. The van der Waals surface area contributed by atoms with Gasteiger partial charge in [0.25, 0.3) is 0 Å². The molecule has 6 nitrogen and oxygen atoms in total. The molecule has 0 unspecified atom stereocenters. The van der Waals surface area contributed by atoms with Crippen LogP contribution in [0.4, 0.5) is 11.5 Å². The van der Waals surface area contributed by atoms with Gasteiger partial charge < -0.3 is 5.32 Å². The highest BCUT2D eigenvalue weighted by Gasteiger charge is 2.02. The van der Waals surface area contributed by atoms with Crippen molar-refractivity contribution >= 4 is 11.5 Å². The number of aromatic nitrogens is 4. The number of rotatable bonds is 4. The van der Waals surface area contributed by atoms with Gasteiger partial charge in [-0.25, -0.2) is 9.97 Å². The molecule has 2 rings (SSSR count). The molecule has 6 heteroatoms. The first-order valence-corrected chi connectivity index (χ1v) is 5.69. The third-order valence-corrected chi connectivity index (χ3v) is 2.22. The fraction of sp³-hybridized carbons (Fsp3) is 0.333. The summed E-state index contributed by atoms with van der Waals surface area (Å²) in [6.45, 7) is 5.16. The SMILES string of the molecule is CC(C)Cn1cc(Nc2cnc(C#N)cn2)cn1. The molecule has 2 aromatic rings. The fourth-order valence-corrected chi connectivity index (χ4v) is 1.50. The zero-order valence-corrected chi connectivity index (χ0v) is 10.3. The Morgan fingerprint density at radius 1 is 1.33 bits per heavy atom. The number of nitriles is 1. The van der Waals surface area contributed by atoms with Gasteiger partial charge in [-0.05, 0) is 5.92 Å². The highest BCUT2D eigenvalue weighted by molar-refractivity contribution is 5.52. The van der Waals surface area contributed by atoms with Crippen LogP contribution in [0.3, 0.4) is 0 Å². The van der Waals surface area contributed by atoms with Gasteiger partial charge in [0.2, 0.25) is 0 Å². The maximum atomic E-state index is 8.62. The Labute approximate surface area is 105 Å². The third-order valence-electron chi connectivity index (χ3n) is 2.22. The summed E-state index contributed by atoms with van der Waals surface area (Å²) in [5, 5.41) is 15.9. The average molecular weight is 242 g/mol. The maximum absolute atomic E-state index is 8.62. The highest BCUT2D eigenvalue weighted by atomic mass is 15.3. The van der Waals surface area contributed by atoms with E-state index in [0.29, 0.717) is 17.4 Å². The van der Waals surface area contributed by atoms with Crippen molar-refractivity contribution in [3.05, 3.63) is 30.5 Å². The summed E-state index contributed by atoms with van der Waals surface area (Å²) >= 11 is 0. The minimum Gasteiger partial charge on any atom is -0.336 e. The quantitative estimate of drug-likeness (QED) is 0.886. The third kappa shape index (κ3) is 3.04. The van der Waals surface area contributed by atoms with Crippen molar-refractivity contribution in [3.63, 3.8) is 0 Å².